The Kier molecular flexibility index (Phi) is 11.4. The van der Waals surface area contributed by atoms with Gasteiger partial charge in [-0.15, -0.1) is 18.3 Å². The van der Waals surface area contributed by atoms with Crippen LogP contribution in [0.15, 0.2) is 48.3 Å². The van der Waals surface area contributed by atoms with Gasteiger partial charge in [-0.05, 0) is 49.1 Å². The molecule has 2 rings (SSSR count). The van der Waals surface area contributed by atoms with Crippen LogP contribution >= 0.6 is 0 Å². The molecular weight excluding hydrogens is 483 g/mol. The molecule has 0 radical (unpaired) electrons. The zero-order valence-corrected chi connectivity index (χ0v) is 19.3. The van der Waals surface area contributed by atoms with Crippen molar-refractivity contribution in [3.63, 3.8) is 0 Å². The molecule has 0 atom stereocenters. The van der Waals surface area contributed by atoms with Crippen molar-refractivity contribution in [2.24, 2.45) is 5.84 Å². The zero-order chi connectivity index (χ0) is 26.4. The molecule has 0 saturated carbocycles. The Bertz CT molecular complexity index is 1020. The van der Waals surface area contributed by atoms with Crippen LogP contribution in [0.25, 0.3) is 0 Å². The van der Waals surface area contributed by atoms with E-state index in [2.05, 4.69) is 36.3 Å². The number of carbonyl (C=O) groups excluding carboxylic acids is 2. The topological polar surface area (TPSA) is 164 Å². The number of nitrogens with two attached hydrogens (primary N) is 1. The minimum Gasteiger partial charge on any atom is -0.406 e. The molecule has 0 saturated heterocycles. The van der Waals surface area contributed by atoms with Crippen LogP contribution in [0.3, 0.4) is 0 Å². The summed E-state index contributed by atoms with van der Waals surface area (Å²) in [5, 5.41) is 24.7. The highest BCUT2D eigenvalue weighted by atomic mass is 19.4. The number of anilines is 1. The number of nitrogens with zero attached hydrogens (tertiary/aromatic N) is 2. The Morgan fingerprint density at radius 1 is 1.11 bits per heavy atom. The van der Waals surface area contributed by atoms with Gasteiger partial charge in [-0.1, -0.05) is 12.1 Å². The fourth-order valence-corrected chi connectivity index (χ4v) is 2.93. The summed E-state index contributed by atoms with van der Waals surface area (Å²) in [4.78, 5) is 23.9. The zero-order valence-electron chi connectivity index (χ0n) is 19.3. The minimum absolute atomic E-state index is 0.121. The van der Waals surface area contributed by atoms with E-state index in [1.54, 1.807) is 12.1 Å². The van der Waals surface area contributed by atoms with E-state index >= 15 is 0 Å². The van der Waals surface area contributed by atoms with E-state index in [0.717, 1.165) is 25.0 Å². The number of unbranched alkanes of at least 4 members (excludes halogenated alkanes) is 1. The van der Waals surface area contributed by atoms with E-state index in [-0.39, 0.29) is 31.1 Å². The van der Waals surface area contributed by atoms with E-state index in [1.807, 2.05) is 0 Å². The van der Waals surface area contributed by atoms with Gasteiger partial charge < -0.3 is 31.2 Å². The molecule has 2 aromatic rings. The molecule has 0 unspecified atom stereocenters. The van der Waals surface area contributed by atoms with E-state index in [0.29, 0.717) is 24.2 Å². The number of carbonyl (C=O) groups is 2. The molecule has 1 heterocycles. The maximum absolute atomic E-state index is 12.3. The predicted octanol–water partition coefficient (Wildman–Crippen LogP) is 0.882. The molecule has 1 aromatic carbocycles. The van der Waals surface area contributed by atoms with Crippen molar-refractivity contribution < 1.29 is 32.6 Å². The molecule has 0 aliphatic rings. The normalized spacial score (nSPS) is 11.5. The first-order valence-corrected chi connectivity index (χ1v) is 11.0. The van der Waals surface area contributed by atoms with E-state index in [4.69, 9.17) is 10.9 Å². The second-order valence-corrected chi connectivity index (χ2v) is 7.42. The Labute approximate surface area is 205 Å². The number of aliphatic hydroxyl groups is 1. The third-order valence-corrected chi connectivity index (χ3v) is 4.53. The van der Waals surface area contributed by atoms with Crippen LogP contribution in [0.1, 0.15) is 24.1 Å². The monoisotopic (exact) mass is 511 g/mol. The summed E-state index contributed by atoms with van der Waals surface area (Å²) in [6.07, 6.45) is -1.34. The van der Waals surface area contributed by atoms with Gasteiger partial charge in [-0.25, -0.2) is 0 Å². The van der Waals surface area contributed by atoms with Crippen LogP contribution in [0.5, 0.6) is 5.75 Å². The average Bonchev–Trinajstić information content (AvgIpc) is 2.82. The SMILES string of the molecule is NN/C(=C\NCCCCc1ccc(NC(=O)Cc2cccc(OC(F)(F)F)c2)nn1)C(=O)NCCO. The number of aromatic nitrogens is 2. The molecule has 0 spiro atoms. The first-order chi connectivity index (χ1) is 17.2. The van der Waals surface area contributed by atoms with E-state index in [1.165, 1.54) is 18.3 Å². The van der Waals surface area contributed by atoms with Gasteiger partial charge >= 0.3 is 6.36 Å². The van der Waals surface area contributed by atoms with Crippen molar-refractivity contribution in [2.75, 3.05) is 25.0 Å². The molecule has 1 aromatic heterocycles. The summed E-state index contributed by atoms with van der Waals surface area (Å²) >= 11 is 0. The van der Waals surface area contributed by atoms with Crippen LogP contribution < -0.4 is 32.0 Å². The lowest BCUT2D eigenvalue weighted by atomic mass is 10.1. The summed E-state index contributed by atoms with van der Waals surface area (Å²) in [6, 6.07) is 8.49. The Morgan fingerprint density at radius 2 is 1.92 bits per heavy atom. The lowest BCUT2D eigenvalue weighted by molar-refractivity contribution is -0.274. The van der Waals surface area contributed by atoms with Gasteiger partial charge in [0.05, 0.1) is 18.7 Å². The maximum Gasteiger partial charge on any atom is 0.573 e. The third-order valence-electron chi connectivity index (χ3n) is 4.53. The second-order valence-electron chi connectivity index (χ2n) is 7.42. The Balaban J connectivity index is 1.72. The van der Waals surface area contributed by atoms with Gasteiger partial charge in [-0.2, -0.15) is 5.10 Å². The van der Waals surface area contributed by atoms with E-state index in [9.17, 15) is 22.8 Å². The second kappa shape index (κ2) is 14.5. The quantitative estimate of drug-likeness (QED) is 0.0935. The van der Waals surface area contributed by atoms with Crippen LogP contribution in [0.2, 0.25) is 0 Å². The van der Waals surface area contributed by atoms with Gasteiger partial charge in [0.1, 0.15) is 11.4 Å². The number of aliphatic hydroxyl groups excluding tert-OH is 1. The molecule has 0 aliphatic carbocycles. The molecule has 2 amide bonds. The number of hydrogen-bond acceptors (Lipinski definition) is 9. The Morgan fingerprint density at radius 3 is 2.58 bits per heavy atom. The molecule has 0 bridgehead atoms. The molecule has 11 nitrogen and oxygen atoms in total. The largest absolute Gasteiger partial charge is 0.573 e. The van der Waals surface area contributed by atoms with Gasteiger partial charge in [0.25, 0.3) is 5.91 Å². The van der Waals surface area contributed by atoms with Crippen molar-refractivity contribution in [3.8, 4) is 5.75 Å². The smallest absolute Gasteiger partial charge is 0.406 e. The molecule has 14 heteroatoms. The van der Waals surface area contributed by atoms with Gasteiger partial charge in [0, 0.05) is 19.3 Å². The fraction of sp³-hybridized carbons (Fsp3) is 0.364. The van der Waals surface area contributed by atoms with Crippen molar-refractivity contribution in [1.82, 2.24) is 26.3 Å². The highest BCUT2D eigenvalue weighted by Gasteiger charge is 2.31. The first kappa shape index (κ1) is 28.3. The van der Waals surface area contributed by atoms with Crippen molar-refractivity contribution in [3.05, 3.63) is 59.6 Å². The summed E-state index contributed by atoms with van der Waals surface area (Å²) in [5.74, 6) is 4.22. The number of aryl methyl sites for hydroxylation is 1. The number of nitrogens with one attached hydrogen (secondary N) is 4. The molecule has 0 fully saturated rings. The van der Waals surface area contributed by atoms with Crippen LogP contribution in [0.4, 0.5) is 19.0 Å². The van der Waals surface area contributed by atoms with Crippen molar-refractivity contribution in [2.45, 2.75) is 32.0 Å². The number of hydrogen-bond donors (Lipinski definition) is 6. The summed E-state index contributed by atoms with van der Waals surface area (Å²) in [7, 11) is 0. The molecule has 0 aliphatic heterocycles. The van der Waals surface area contributed by atoms with Crippen molar-refractivity contribution in [1.29, 1.82) is 0 Å². The third kappa shape index (κ3) is 11.0. The number of ether oxygens (including phenoxy) is 1. The van der Waals surface area contributed by atoms with E-state index < -0.39 is 23.9 Å². The van der Waals surface area contributed by atoms with Crippen LogP contribution in [0, 0.1) is 0 Å². The Hall–Kier alpha value is -3.91. The van der Waals surface area contributed by atoms with Crippen LogP contribution in [-0.2, 0) is 22.4 Å². The number of alkyl halides is 3. The number of benzene rings is 1. The standard InChI is InChI=1S/C22H28F3N7O4/c23-22(24,25)36-17-6-3-4-15(12-17)13-20(34)29-19-8-7-16(31-32-19)5-1-2-9-27-14-18(30-26)21(35)28-10-11-33/h3-4,6-8,12,14,27,30,33H,1-2,5,9-11,13,26H2,(H,28,35)(H,29,32,34)/b18-14-. The molecule has 196 valence electrons. The highest BCUT2D eigenvalue weighted by Crippen LogP contribution is 2.23. The van der Waals surface area contributed by atoms with Crippen molar-refractivity contribution >= 4 is 17.6 Å². The number of hydrazine groups is 1. The minimum atomic E-state index is -4.81. The highest BCUT2D eigenvalue weighted by molar-refractivity contribution is 5.92. The van der Waals surface area contributed by atoms with Crippen LogP contribution in [-0.4, -0.2) is 53.2 Å². The predicted molar refractivity (Wildman–Crippen MR) is 124 cm³/mol. The molecular formula is C22H28F3N7O4. The van der Waals surface area contributed by atoms with Gasteiger partial charge in [0.15, 0.2) is 5.82 Å². The lowest BCUT2D eigenvalue weighted by Crippen LogP contribution is -2.37. The molecule has 36 heavy (non-hydrogen) atoms. The van der Waals surface area contributed by atoms with Gasteiger partial charge in [-0.3, -0.25) is 15.4 Å². The lowest BCUT2D eigenvalue weighted by Gasteiger charge is -2.10. The summed E-state index contributed by atoms with van der Waals surface area (Å²) < 4.78 is 40.9. The molecule has 7 N–H and O–H groups in total. The number of amides is 2. The summed E-state index contributed by atoms with van der Waals surface area (Å²) in [6.45, 7) is 0.525. The van der Waals surface area contributed by atoms with Gasteiger partial charge in [0.2, 0.25) is 5.91 Å². The average molecular weight is 512 g/mol. The maximum atomic E-state index is 12.3. The number of rotatable bonds is 14. The fourth-order valence-electron chi connectivity index (χ4n) is 2.93. The number of halogens is 3. The summed E-state index contributed by atoms with van der Waals surface area (Å²) in [5.41, 5.74) is 3.48. The first-order valence-electron chi connectivity index (χ1n) is 11.0.